The van der Waals surface area contributed by atoms with Crippen LogP contribution < -0.4 is 5.32 Å². The highest BCUT2D eigenvalue weighted by atomic mass is 32.1. The summed E-state index contributed by atoms with van der Waals surface area (Å²) < 4.78 is 0. The molecule has 1 aliphatic carbocycles. The molecule has 2 rings (SSSR count). The zero-order valence-electron chi connectivity index (χ0n) is 13.7. The van der Waals surface area contributed by atoms with E-state index in [-0.39, 0.29) is 11.3 Å². The van der Waals surface area contributed by atoms with Crippen molar-refractivity contribution < 1.29 is 9.90 Å². The van der Waals surface area contributed by atoms with Gasteiger partial charge in [0.05, 0.1) is 5.92 Å². The van der Waals surface area contributed by atoms with Gasteiger partial charge in [0.2, 0.25) is 0 Å². The fourth-order valence-corrected chi connectivity index (χ4v) is 4.57. The van der Waals surface area contributed by atoms with Crippen LogP contribution in [0.4, 0.5) is 0 Å². The van der Waals surface area contributed by atoms with Crippen molar-refractivity contribution in [3.63, 3.8) is 0 Å². The van der Waals surface area contributed by atoms with Crippen molar-refractivity contribution >= 4 is 17.3 Å². The molecule has 0 spiro atoms. The predicted molar refractivity (Wildman–Crippen MR) is 87.7 cm³/mol. The maximum Gasteiger partial charge on any atom is 0.307 e. The van der Waals surface area contributed by atoms with Crippen LogP contribution in [0.1, 0.15) is 48.9 Å². The highest BCUT2D eigenvalue weighted by Crippen LogP contribution is 2.45. The lowest BCUT2D eigenvalue weighted by Crippen LogP contribution is -2.50. The first-order chi connectivity index (χ1) is 9.73. The van der Waals surface area contributed by atoms with Crippen LogP contribution in [0.5, 0.6) is 0 Å². The second kappa shape index (κ2) is 6.09. The zero-order chi connectivity index (χ0) is 15.8. The Kier molecular flexibility index (Phi) is 4.79. The van der Waals surface area contributed by atoms with E-state index in [9.17, 15) is 9.90 Å². The van der Waals surface area contributed by atoms with Crippen LogP contribution in [0.2, 0.25) is 0 Å². The molecule has 4 heteroatoms. The molecule has 1 fully saturated rings. The van der Waals surface area contributed by atoms with Gasteiger partial charge in [-0.3, -0.25) is 4.79 Å². The molecule has 21 heavy (non-hydrogen) atoms. The summed E-state index contributed by atoms with van der Waals surface area (Å²) in [4.78, 5) is 14.2. The van der Waals surface area contributed by atoms with E-state index in [0.717, 1.165) is 19.4 Å². The summed E-state index contributed by atoms with van der Waals surface area (Å²) in [5.41, 5.74) is 1.21. The smallest absolute Gasteiger partial charge is 0.307 e. The van der Waals surface area contributed by atoms with Gasteiger partial charge in [-0.1, -0.05) is 20.8 Å². The monoisotopic (exact) mass is 309 g/mol. The molecule has 1 aliphatic rings. The number of carbonyl (C=O) groups is 1. The molecule has 2 N–H and O–H groups in total. The maximum atomic E-state index is 11.4. The van der Waals surface area contributed by atoms with Gasteiger partial charge in [-0.05, 0) is 49.7 Å². The van der Waals surface area contributed by atoms with Crippen molar-refractivity contribution in [2.75, 3.05) is 0 Å². The first kappa shape index (κ1) is 16.5. The van der Waals surface area contributed by atoms with E-state index in [1.54, 1.807) is 0 Å². The second-order valence-electron chi connectivity index (χ2n) is 7.00. The molecule has 1 aromatic heterocycles. The van der Waals surface area contributed by atoms with Gasteiger partial charge in [0, 0.05) is 22.3 Å². The van der Waals surface area contributed by atoms with Gasteiger partial charge in [0.25, 0.3) is 0 Å². The minimum absolute atomic E-state index is 0.165. The third-order valence-electron chi connectivity index (χ3n) is 5.44. The molecular weight excluding hydrogens is 282 g/mol. The molecule has 1 heterocycles. The molecular formula is C17H27NO2S. The normalized spacial score (nSPS) is 28.5. The Labute approximate surface area is 131 Å². The molecule has 0 aromatic carbocycles. The lowest BCUT2D eigenvalue weighted by Gasteiger charge is -2.46. The van der Waals surface area contributed by atoms with Crippen LogP contribution in [0, 0.1) is 31.1 Å². The topological polar surface area (TPSA) is 49.3 Å². The van der Waals surface area contributed by atoms with Gasteiger partial charge >= 0.3 is 5.97 Å². The van der Waals surface area contributed by atoms with E-state index in [1.807, 2.05) is 11.3 Å². The Morgan fingerprint density at radius 3 is 2.62 bits per heavy atom. The number of hydrogen-bond donors (Lipinski definition) is 2. The molecule has 1 aromatic rings. The Bertz CT molecular complexity index is 521. The highest BCUT2D eigenvalue weighted by molar-refractivity contribution is 7.12. The van der Waals surface area contributed by atoms with Crippen molar-refractivity contribution in [1.29, 1.82) is 0 Å². The fourth-order valence-electron chi connectivity index (χ4n) is 3.62. The average molecular weight is 309 g/mol. The van der Waals surface area contributed by atoms with Gasteiger partial charge < -0.3 is 10.4 Å². The molecule has 0 radical (unpaired) electrons. The molecule has 118 valence electrons. The third-order valence-corrected chi connectivity index (χ3v) is 6.45. The van der Waals surface area contributed by atoms with Crippen molar-refractivity contribution in [3.05, 3.63) is 21.4 Å². The minimum Gasteiger partial charge on any atom is -0.481 e. The number of carboxylic acids is 1. The molecule has 0 saturated heterocycles. The standard InChI is InChI=1S/C17H27NO2S/c1-10-8-13(12(3)21-10)9-18-15-7-6-14(16(19)20)17(4,5)11(15)2/h8,11,14-15,18H,6-7,9H2,1-5H3,(H,19,20). The van der Waals surface area contributed by atoms with Crippen LogP contribution >= 0.6 is 11.3 Å². The first-order valence-electron chi connectivity index (χ1n) is 7.75. The molecule has 1 saturated carbocycles. The summed E-state index contributed by atoms with van der Waals surface area (Å²) in [6.45, 7) is 11.6. The maximum absolute atomic E-state index is 11.4. The molecule has 3 nitrogen and oxygen atoms in total. The fraction of sp³-hybridized carbons (Fsp3) is 0.706. The first-order valence-corrected chi connectivity index (χ1v) is 8.57. The van der Waals surface area contributed by atoms with E-state index in [4.69, 9.17) is 0 Å². The minimum atomic E-state index is -0.644. The summed E-state index contributed by atoms with van der Waals surface area (Å²) in [6, 6.07) is 2.65. The van der Waals surface area contributed by atoms with E-state index in [2.05, 4.69) is 46.0 Å². The highest BCUT2D eigenvalue weighted by Gasteiger charge is 2.45. The lowest BCUT2D eigenvalue weighted by molar-refractivity contribution is -0.150. The number of aliphatic carboxylic acids is 1. The summed E-state index contributed by atoms with van der Waals surface area (Å²) in [5.74, 6) is -0.516. The number of aryl methyl sites for hydroxylation is 2. The van der Waals surface area contributed by atoms with E-state index in [1.165, 1.54) is 15.3 Å². The Hall–Kier alpha value is -0.870. The SMILES string of the molecule is Cc1cc(CNC2CCC(C(=O)O)C(C)(C)C2C)c(C)s1. The van der Waals surface area contributed by atoms with Crippen LogP contribution in [0.3, 0.4) is 0 Å². The van der Waals surface area contributed by atoms with Crippen molar-refractivity contribution in [2.24, 2.45) is 17.3 Å². The lowest BCUT2D eigenvalue weighted by atomic mass is 9.61. The second-order valence-corrected chi connectivity index (χ2v) is 8.46. The van der Waals surface area contributed by atoms with Gasteiger partial charge in [0.1, 0.15) is 0 Å². The van der Waals surface area contributed by atoms with Crippen molar-refractivity contribution in [2.45, 2.75) is 60.0 Å². The Balaban J connectivity index is 2.02. The number of hydrogen-bond acceptors (Lipinski definition) is 3. The van der Waals surface area contributed by atoms with Gasteiger partial charge in [-0.2, -0.15) is 0 Å². The number of rotatable bonds is 4. The van der Waals surface area contributed by atoms with Crippen molar-refractivity contribution in [1.82, 2.24) is 5.32 Å². The number of nitrogens with one attached hydrogen (secondary N) is 1. The predicted octanol–water partition coefficient (Wildman–Crippen LogP) is 3.98. The van der Waals surface area contributed by atoms with Crippen LogP contribution in [-0.2, 0) is 11.3 Å². The van der Waals surface area contributed by atoms with Crippen molar-refractivity contribution in [3.8, 4) is 0 Å². The van der Waals surface area contributed by atoms with Gasteiger partial charge in [0.15, 0.2) is 0 Å². The summed E-state index contributed by atoms with van der Waals surface area (Å²) >= 11 is 1.84. The van der Waals surface area contributed by atoms with E-state index in [0.29, 0.717) is 12.0 Å². The van der Waals surface area contributed by atoms with Crippen LogP contribution in [0.15, 0.2) is 6.07 Å². The third kappa shape index (κ3) is 3.32. The van der Waals surface area contributed by atoms with Crippen LogP contribution in [-0.4, -0.2) is 17.1 Å². The average Bonchev–Trinajstić information content (AvgIpc) is 2.69. The summed E-state index contributed by atoms with van der Waals surface area (Å²) in [6.07, 6.45) is 1.72. The number of thiophene rings is 1. The summed E-state index contributed by atoms with van der Waals surface area (Å²) in [5, 5.41) is 13.1. The Morgan fingerprint density at radius 1 is 1.43 bits per heavy atom. The molecule has 3 unspecified atom stereocenters. The largest absolute Gasteiger partial charge is 0.481 e. The molecule has 0 amide bonds. The van der Waals surface area contributed by atoms with E-state index < -0.39 is 5.97 Å². The molecule has 3 atom stereocenters. The quantitative estimate of drug-likeness (QED) is 0.884. The molecule has 0 aliphatic heterocycles. The Morgan fingerprint density at radius 2 is 2.10 bits per heavy atom. The summed E-state index contributed by atoms with van der Waals surface area (Å²) in [7, 11) is 0. The van der Waals surface area contributed by atoms with E-state index >= 15 is 0 Å². The number of carboxylic acid groups (broad SMARTS) is 1. The van der Waals surface area contributed by atoms with Gasteiger partial charge in [-0.25, -0.2) is 0 Å². The van der Waals surface area contributed by atoms with Gasteiger partial charge in [-0.15, -0.1) is 11.3 Å². The molecule has 0 bridgehead atoms. The van der Waals surface area contributed by atoms with Crippen LogP contribution in [0.25, 0.3) is 0 Å². The zero-order valence-corrected chi connectivity index (χ0v) is 14.5.